The van der Waals surface area contributed by atoms with Gasteiger partial charge in [0.1, 0.15) is 0 Å². The van der Waals surface area contributed by atoms with E-state index in [-0.39, 0.29) is 12.6 Å². The minimum Gasteiger partial charge on any atom is -0.295 e. The van der Waals surface area contributed by atoms with E-state index in [0.717, 1.165) is 0 Å². The number of carbonyl (C=O) groups excluding carboxylic acids is 2. The lowest BCUT2D eigenvalue weighted by atomic mass is 10.6. The first-order valence-corrected chi connectivity index (χ1v) is 2.88. The van der Waals surface area contributed by atoms with Crippen molar-refractivity contribution in [1.29, 1.82) is 0 Å². The highest BCUT2D eigenvalue weighted by atomic mass is 16.2. The second kappa shape index (κ2) is 2.92. The Labute approximate surface area is 58.5 Å². The van der Waals surface area contributed by atoms with Gasteiger partial charge >= 0.3 is 0 Å². The summed E-state index contributed by atoms with van der Waals surface area (Å²) in [6.07, 6.45) is 0.389. The predicted octanol–water partition coefficient (Wildman–Crippen LogP) is 1.05. The van der Waals surface area contributed by atoms with Crippen LogP contribution in [0, 0.1) is 0 Å². The molecule has 2 heteroatoms. The van der Waals surface area contributed by atoms with E-state index in [1.165, 1.54) is 11.1 Å². The molecule has 0 radical (unpaired) electrons. The molecule has 0 aliphatic heterocycles. The van der Waals surface area contributed by atoms with Gasteiger partial charge < -0.3 is 0 Å². The third-order valence-corrected chi connectivity index (χ3v) is 1.17. The van der Waals surface area contributed by atoms with Crippen molar-refractivity contribution < 1.29 is 9.59 Å². The third-order valence-electron chi connectivity index (χ3n) is 1.17. The van der Waals surface area contributed by atoms with Gasteiger partial charge in [-0.15, -0.1) is 0 Å². The second-order valence-corrected chi connectivity index (χ2v) is 1.85. The van der Waals surface area contributed by atoms with Gasteiger partial charge in [0.2, 0.25) is 0 Å². The number of fused-ring (bicyclic) bond motifs is 1. The fourth-order valence-corrected chi connectivity index (χ4v) is 0.676. The van der Waals surface area contributed by atoms with Crippen LogP contribution in [0.4, 0.5) is 0 Å². The molecule has 0 bridgehead atoms. The SMILES string of the molecule is O=CC=O.c1cc2cc-2c1. The van der Waals surface area contributed by atoms with Gasteiger partial charge in [-0.1, -0.05) is 18.2 Å². The predicted molar refractivity (Wildman–Crippen MR) is 37.6 cm³/mol. The van der Waals surface area contributed by atoms with Crippen LogP contribution in [-0.4, -0.2) is 12.6 Å². The molecular weight excluding hydrogens is 128 g/mol. The molecule has 2 nitrogen and oxygen atoms in total. The molecule has 2 aliphatic carbocycles. The lowest BCUT2D eigenvalue weighted by Gasteiger charge is -1.48. The third kappa shape index (κ3) is 1.52. The van der Waals surface area contributed by atoms with Crippen molar-refractivity contribution in [3.05, 3.63) is 24.3 Å². The summed E-state index contributed by atoms with van der Waals surface area (Å²) in [5.74, 6) is 0. The van der Waals surface area contributed by atoms with Gasteiger partial charge in [-0.25, -0.2) is 0 Å². The summed E-state index contributed by atoms with van der Waals surface area (Å²) >= 11 is 0. The van der Waals surface area contributed by atoms with Crippen LogP contribution in [0.25, 0.3) is 11.1 Å². The first kappa shape index (κ1) is 6.68. The fourth-order valence-electron chi connectivity index (χ4n) is 0.676. The van der Waals surface area contributed by atoms with Crippen LogP contribution < -0.4 is 0 Å². The normalized spacial score (nSPS) is 8.80. The van der Waals surface area contributed by atoms with Crippen molar-refractivity contribution in [2.45, 2.75) is 0 Å². The van der Waals surface area contributed by atoms with E-state index >= 15 is 0 Å². The summed E-state index contributed by atoms with van der Waals surface area (Å²) < 4.78 is 0. The molecule has 0 heterocycles. The molecule has 0 aromatic carbocycles. The molecule has 50 valence electrons. The summed E-state index contributed by atoms with van der Waals surface area (Å²) in [6.45, 7) is 0. The zero-order valence-corrected chi connectivity index (χ0v) is 5.28. The number of aldehydes is 2. The number of benzene rings is 1. The summed E-state index contributed by atoms with van der Waals surface area (Å²) in [6, 6.07) is 8.48. The smallest absolute Gasteiger partial charge is 0.182 e. The highest BCUT2D eigenvalue weighted by Crippen LogP contribution is 2.32. The Morgan fingerprint density at radius 2 is 1.50 bits per heavy atom. The maximum absolute atomic E-state index is 8.81. The standard InChI is InChI=1S/C6H4.C2H2O2/c1-2-5-4-6(5)3-1;3-1-2-4/h1-4H;1-2H. The average Bonchev–Trinajstić information content (AvgIpc) is 2.60. The lowest BCUT2D eigenvalue weighted by Crippen LogP contribution is -1.62. The number of hydrogen-bond donors (Lipinski definition) is 0. The van der Waals surface area contributed by atoms with Crippen molar-refractivity contribution in [2.75, 3.05) is 0 Å². The Morgan fingerprint density at radius 3 is 1.60 bits per heavy atom. The maximum Gasteiger partial charge on any atom is 0.182 e. The Balaban J connectivity index is 0.000000112. The lowest BCUT2D eigenvalue weighted by molar-refractivity contribution is -0.122. The fraction of sp³-hybridized carbons (Fsp3) is 0. The highest BCUT2D eigenvalue weighted by Gasteiger charge is 2.06. The van der Waals surface area contributed by atoms with E-state index in [0.29, 0.717) is 0 Å². The molecule has 0 amide bonds. The van der Waals surface area contributed by atoms with E-state index in [2.05, 4.69) is 24.3 Å². The second-order valence-electron chi connectivity index (χ2n) is 1.85. The van der Waals surface area contributed by atoms with Crippen molar-refractivity contribution in [3.8, 4) is 11.1 Å². The van der Waals surface area contributed by atoms with Crippen LogP contribution in [0.2, 0.25) is 0 Å². The van der Waals surface area contributed by atoms with Gasteiger partial charge in [0.15, 0.2) is 12.6 Å². The Hall–Kier alpha value is -1.44. The van der Waals surface area contributed by atoms with Crippen LogP contribution in [-0.2, 0) is 9.59 Å². The topological polar surface area (TPSA) is 34.1 Å². The molecule has 0 spiro atoms. The molecular formula is C8H6O2. The largest absolute Gasteiger partial charge is 0.295 e. The van der Waals surface area contributed by atoms with E-state index in [4.69, 9.17) is 9.59 Å². The van der Waals surface area contributed by atoms with Gasteiger partial charge in [-0.2, -0.15) is 0 Å². The van der Waals surface area contributed by atoms with Gasteiger partial charge in [-0.3, -0.25) is 9.59 Å². The van der Waals surface area contributed by atoms with Gasteiger partial charge in [-0.05, 0) is 17.2 Å². The minimum absolute atomic E-state index is 0.194. The molecule has 0 aromatic rings. The molecule has 0 saturated carbocycles. The summed E-state index contributed by atoms with van der Waals surface area (Å²) in [5.41, 5.74) is 2.85. The minimum atomic E-state index is 0.194. The highest BCUT2D eigenvalue weighted by molar-refractivity contribution is 6.09. The number of hydrogen-bond acceptors (Lipinski definition) is 2. The Kier molecular flexibility index (Phi) is 1.95. The zero-order valence-electron chi connectivity index (χ0n) is 5.28. The molecule has 2 aliphatic rings. The van der Waals surface area contributed by atoms with E-state index in [1.807, 2.05) is 0 Å². The zero-order chi connectivity index (χ0) is 7.40. The number of rotatable bonds is 1. The molecule has 10 heavy (non-hydrogen) atoms. The van der Waals surface area contributed by atoms with Gasteiger partial charge in [0.05, 0.1) is 0 Å². The first-order valence-electron chi connectivity index (χ1n) is 2.88. The molecule has 0 unspecified atom stereocenters. The summed E-state index contributed by atoms with van der Waals surface area (Å²) in [5, 5.41) is 0. The molecule has 2 rings (SSSR count). The van der Waals surface area contributed by atoms with E-state index in [1.54, 1.807) is 0 Å². The Bertz CT molecular complexity index is 230. The molecule has 0 aromatic heterocycles. The van der Waals surface area contributed by atoms with Crippen molar-refractivity contribution in [2.24, 2.45) is 0 Å². The first-order chi connectivity index (χ1) is 4.88. The van der Waals surface area contributed by atoms with Crippen LogP contribution >= 0.6 is 0 Å². The average molecular weight is 134 g/mol. The molecule has 0 fully saturated rings. The summed E-state index contributed by atoms with van der Waals surface area (Å²) in [4.78, 5) is 17.6. The van der Waals surface area contributed by atoms with Crippen LogP contribution in [0.5, 0.6) is 0 Å². The molecule has 0 saturated heterocycles. The van der Waals surface area contributed by atoms with Crippen molar-refractivity contribution in [3.63, 3.8) is 0 Å². The van der Waals surface area contributed by atoms with Crippen LogP contribution in [0.3, 0.4) is 0 Å². The van der Waals surface area contributed by atoms with Crippen LogP contribution in [0.1, 0.15) is 0 Å². The van der Waals surface area contributed by atoms with Crippen molar-refractivity contribution >= 4 is 12.6 Å². The Morgan fingerprint density at radius 1 is 1.00 bits per heavy atom. The maximum atomic E-state index is 8.81. The monoisotopic (exact) mass is 134 g/mol. The van der Waals surface area contributed by atoms with Gasteiger partial charge in [0, 0.05) is 0 Å². The summed E-state index contributed by atoms with van der Waals surface area (Å²) in [7, 11) is 0. The number of carbonyl (C=O) groups is 2. The molecule has 0 atom stereocenters. The molecule has 0 N–H and O–H groups in total. The van der Waals surface area contributed by atoms with Crippen LogP contribution in [0.15, 0.2) is 24.3 Å². The van der Waals surface area contributed by atoms with E-state index in [9.17, 15) is 0 Å². The van der Waals surface area contributed by atoms with E-state index < -0.39 is 0 Å². The van der Waals surface area contributed by atoms with Crippen molar-refractivity contribution in [1.82, 2.24) is 0 Å². The quantitative estimate of drug-likeness (QED) is 0.431. The van der Waals surface area contributed by atoms with Gasteiger partial charge in [0.25, 0.3) is 0 Å².